The van der Waals surface area contributed by atoms with Gasteiger partial charge in [-0.3, -0.25) is 14.5 Å². The first-order valence-electron chi connectivity index (χ1n) is 20.1. The number of carbonyl (C=O) groups is 4. The van der Waals surface area contributed by atoms with Gasteiger partial charge in [-0.05, 0) is 73.6 Å². The molecule has 4 fully saturated rings. The van der Waals surface area contributed by atoms with Crippen molar-refractivity contribution in [3.63, 3.8) is 0 Å². The van der Waals surface area contributed by atoms with Crippen LogP contribution in [0.3, 0.4) is 0 Å². The van der Waals surface area contributed by atoms with Gasteiger partial charge in [0, 0.05) is 53.8 Å². The van der Waals surface area contributed by atoms with Crippen LogP contribution in [0.4, 0.5) is 9.59 Å². The van der Waals surface area contributed by atoms with Crippen LogP contribution in [0.25, 0.3) is 22.5 Å². The minimum absolute atomic E-state index is 0.112. The summed E-state index contributed by atoms with van der Waals surface area (Å²) in [4.78, 5) is 73.0. The van der Waals surface area contributed by atoms with Gasteiger partial charge in [-0.15, -0.1) is 0 Å². The van der Waals surface area contributed by atoms with E-state index < -0.39 is 24.3 Å². The van der Waals surface area contributed by atoms with E-state index in [1.807, 2.05) is 98.4 Å². The van der Waals surface area contributed by atoms with Gasteiger partial charge in [-0.1, -0.05) is 63.8 Å². The number of carboxylic acid groups (broad SMARTS) is 1. The van der Waals surface area contributed by atoms with Crippen LogP contribution in [0.5, 0.6) is 0 Å². The molecule has 0 radical (unpaired) electrons. The van der Waals surface area contributed by atoms with Crippen LogP contribution in [-0.4, -0.2) is 102 Å². The molecule has 2 aliphatic heterocycles. The van der Waals surface area contributed by atoms with Crippen LogP contribution in [0, 0.1) is 35.5 Å². The lowest BCUT2D eigenvalue weighted by atomic mass is 10.0. The first-order chi connectivity index (χ1) is 27.8. The lowest BCUT2D eigenvalue weighted by Gasteiger charge is -2.35. The van der Waals surface area contributed by atoms with Crippen LogP contribution in [0.15, 0.2) is 60.9 Å². The first-order valence-corrected chi connectivity index (χ1v) is 20.1. The molecule has 4 aliphatic rings. The number of likely N-dealkylation sites (N-methyl/N-ethyl adjacent to an activating group) is 1. The second kappa shape index (κ2) is 15.3. The smallest absolute Gasteiger partial charge is 0.407 e. The zero-order chi connectivity index (χ0) is 41.0. The van der Waals surface area contributed by atoms with Crippen molar-refractivity contribution in [3.8, 4) is 34.4 Å². The lowest BCUT2D eigenvalue weighted by molar-refractivity contribution is -0.140. The summed E-state index contributed by atoms with van der Waals surface area (Å²) in [5, 5.41) is 12.4. The number of nitrogens with zero attached hydrogens (tertiary/aromatic N) is 5. The molecule has 14 nitrogen and oxygen atoms in total. The highest BCUT2D eigenvalue weighted by Crippen LogP contribution is 2.54. The molecule has 302 valence electrons. The molecule has 58 heavy (non-hydrogen) atoms. The van der Waals surface area contributed by atoms with Gasteiger partial charge < -0.3 is 34.9 Å². The van der Waals surface area contributed by atoms with E-state index in [-0.39, 0.29) is 47.8 Å². The molecule has 4 amide bonds. The minimum Gasteiger partial charge on any atom is -0.465 e. The Morgan fingerprint density at radius 1 is 0.793 bits per heavy atom. The molecule has 2 aromatic carbocycles. The predicted octanol–water partition coefficient (Wildman–Crippen LogP) is 6.21. The second-order valence-corrected chi connectivity index (χ2v) is 16.8. The molecule has 2 saturated carbocycles. The number of likely N-dealkylation sites (tertiary alicyclic amines) is 2. The zero-order valence-corrected chi connectivity index (χ0v) is 33.6. The van der Waals surface area contributed by atoms with E-state index in [1.165, 1.54) is 14.2 Å². The summed E-state index contributed by atoms with van der Waals surface area (Å²) in [6, 6.07) is 14.1. The van der Waals surface area contributed by atoms with Crippen molar-refractivity contribution in [2.75, 3.05) is 14.2 Å². The molecule has 2 saturated heterocycles. The number of benzene rings is 2. The fraction of sp³-hybridized carbons (Fsp3) is 0.455. The van der Waals surface area contributed by atoms with Crippen molar-refractivity contribution >= 4 is 24.0 Å². The molecule has 2 aliphatic carbocycles. The summed E-state index contributed by atoms with van der Waals surface area (Å²) in [6.45, 7) is 7.57. The Morgan fingerprint density at radius 2 is 1.29 bits per heavy atom. The predicted molar refractivity (Wildman–Crippen MR) is 215 cm³/mol. The summed E-state index contributed by atoms with van der Waals surface area (Å²) >= 11 is 0. The number of hydrogen-bond donors (Lipinski definition) is 4. The number of H-pyrrole nitrogens is 2. The quantitative estimate of drug-likeness (QED) is 0.137. The van der Waals surface area contributed by atoms with E-state index in [4.69, 9.17) is 14.7 Å². The third-order valence-electron chi connectivity index (χ3n) is 12.2. The van der Waals surface area contributed by atoms with Gasteiger partial charge >= 0.3 is 12.2 Å². The molecule has 4 heterocycles. The number of methoxy groups -OCH3 is 1. The van der Waals surface area contributed by atoms with Crippen molar-refractivity contribution in [2.45, 2.75) is 89.6 Å². The molecule has 0 spiro atoms. The average Bonchev–Trinajstić information content (AvgIpc) is 3.79. The maximum atomic E-state index is 13.9. The molecule has 2 aromatic heterocycles. The van der Waals surface area contributed by atoms with Crippen molar-refractivity contribution in [2.24, 2.45) is 23.7 Å². The summed E-state index contributed by atoms with van der Waals surface area (Å²) < 4.78 is 4.79. The number of piperidine rings is 2. The van der Waals surface area contributed by atoms with Crippen molar-refractivity contribution in [1.82, 2.24) is 40.0 Å². The summed E-state index contributed by atoms with van der Waals surface area (Å²) in [6.07, 6.45) is 5.48. The standard InChI is InChI=1S/C44H50N8O6/c1-23(2)37(49-43(55)58-6)41(53)51-33-17-29(33)19-35(51)39-45-21-31(47-39)27-11-7-9-25(15-27)13-14-26-10-8-12-28(16-26)32-22-46-40(48-32)36-20-30-18-34(30)52(36)42(54)38(24(3)4)50(5)44(56)57/h7-12,15-16,21-24,29-30,33-38H,17-20H2,1-6H3,(H,45,47)(H,46,48)(H,49,55)(H,56,57)/t29-,30+,33+,34+,35-,36-,37-,38-/m0/s1. The van der Waals surface area contributed by atoms with E-state index in [1.54, 1.807) is 0 Å². The van der Waals surface area contributed by atoms with Crippen LogP contribution >= 0.6 is 0 Å². The second-order valence-electron chi connectivity index (χ2n) is 16.8. The van der Waals surface area contributed by atoms with E-state index in [0.29, 0.717) is 17.7 Å². The molecule has 8 atom stereocenters. The third kappa shape index (κ3) is 7.41. The average molecular weight is 787 g/mol. The highest BCUT2D eigenvalue weighted by Gasteiger charge is 2.57. The Morgan fingerprint density at radius 3 is 1.74 bits per heavy atom. The topological polar surface area (TPSA) is 177 Å². The fourth-order valence-corrected chi connectivity index (χ4v) is 9.03. The summed E-state index contributed by atoms with van der Waals surface area (Å²) in [7, 11) is 2.76. The number of hydrogen-bond acceptors (Lipinski definition) is 7. The van der Waals surface area contributed by atoms with Crippen molar-refractivity contribution < 1.29 is 29.0 Å². The van der Waals surface area contributed by atoms with E-state index >= 15 is 0 Å². The number of ether oxygens (including phenoxy) is 1. The third-order valence-corrected chi connectivity index (χ3v) is 12.2. The molecular formula is C44H50N8O6. The highest BCUT2D eigenvalue weighted by atomic mass is 16.5. The maximum absolute atomic E-state index is 13.9. The van der Waals surface area contributed by atoms with Crippen LogP contribution < -0.4 is 5.32 Å². The van der Waals surface area contributed by atoms with E-state index in [2.05, 4.69) is 27.1 Å². The van der Waals surface area contributed by atoms with Gasteiger partial charge in [0.05, 0.1) is 30.6 Å². The number of rotatable bonds is 10. The van der Waals surface area contributed by atoms with Crippen molar-refractivity contribution in [3.05, 3.63) is 83.7 Å². The number of nitrogens with one attached hydrogen (secondary N) is 3. The lowest BCUT2D eigenvalue weighted by Crippen LogP contribution is -2.52. The Balaban J connectivity index is 0.964. The molecule has 4 aromatic rings. The normalized spacial score (nSPS) is 23.7. The van der Waals surface area contributed by atoms with Gasteiger partial charge in [0.2, 0.25) is 11.8 Å². The summed E-state index contributed by atoms with van der Waals surface area (Å²) in [5.41, 5.74) is 4.91. The summed E-state index contributed by atoms with van der Waals surface area (Å²) in [5.74, 6) is 8.27. The Bertz CT molecular complexity index is 2300. The Kier molecular flexibility index (Phi) is 10.3. The molecular weight excluding hydrogens is 737 g/mol. The van der Waals surface area contributed by atoms with E-state index in [0.717, 1.165) is 70.0 Å². The number of amides is 4. The van der Waals surface area contributed by atoms with Crippen molar-refractivity contribution in [1.29, 1.82) is 0 Å². The van der Waals surface area contributed by atoms with Gasteiger partial charge in [-0.2, -0.15) is 0 Å². The van der Waals surface area contributed by atoms with E-state index in [9.17, 15) is 24.3 Å². The largest absolute Gasteiger partial charge is 0.465 e. The van der Waals surface area contributed by atoms with Crippen LogP contribution in [0.2, 0.25) is 0 Å². The SMILES string of the molecule is COC(=O)N[C@H](C(=O)N1[C@@H]2C[C@H]2C[C@H]1c1nc(-c2cccc(C#Cc3cccc(-c4c[nH]c([C@@H]5C[C@H]6C[C@H]6N5C(=O)[C@H](C(C)C)N(C)C(=O)O)n4)c3)c2)c[nH]1)C(C)C. The highest BCUT2D eigenvalue weighted by molar-refractivity contribution is 5.88. The molecule has 0 bridgehead atoms. The van der Waals surface area contributed by atoms with Gasteiger partial charge in [0.25, 0.3) is 0 Å². The van der Waals surface area contributed by atoms with Crippen LogP contribution in [0.1, 0.15) is 88.2 Å². The number of aromatic nitrogens is 4. The number of carbonyl (C=O) groups excluding carboxylic acids is 3. The van der Waals surface area contributed by atoms with Crippen LogP contribution in [-0.2, 0) is 14.3 Å². The van der Waals surface area contributed by atoms with Gasteiger partial charge in [0.1, 0.15) is 23.7 Å². The van der Waals surface area contributed by atoms with Gasteiger partial charge in [-0.25, -0.2) is 19.6 Å². The molecule has 14 heteroatoms. The van der Waals surface area contributed by atoms with Gasteiger partial charge in [0.15, 0.2) is 0 Å². The number of aromatic amines is 2. The molecule has 4 N–H and O–H groups in total. The first kappa shape index (κ1) is 38.8. The maximum Gasteiger partial charge on any atom is 0.407 e. The number of imidazole rings is 2. The zero-order valence-electron chi connectivity index (χ0n) is 33.6. The Hall–Kier alpha value is -6.10. The monoisotopic (exact) mass is 786 g/mol. The minimum atomic E-state index is -1.12. The number of fused-ring (bicyclic) bond motifs is 2. The molecule has 0 unspecified atom stereocenters. The Labute approximate surface area is 337 Å². The number of alkyl carbamates (subject to hydrolysis) is 1. The molecule has 8 rings (SSSR count). The fourth-order valence-electron chi connectivity index (χ4n) is 9.03.